The van der Waals surface area contributed by atoms with Crippen molar-refractivity contribution in [3.63, 3.8) is 0 Å². The zero-order valence-electron chi connectivity index (χ0n) is 11.0. The first-order valence-corrected chi connectivity index (χ1v) is 6.48. The summed E-state index contributed by atoms with van der Waals surface area (Å²) in [6.45, 7) is 3.36. The third kappa shape index (κ3) is 4.73. The van der Waals surface area contributed by atoms with E-state index in [1.54, 1.807) is 13.8 Å². The van der Waals surface area contributed by atoms with Crippen LogP contribution in [0.4, 0.5) is 0 Å². The molecule has 0 spiro atoms. The van der Waals surface area contributed by atoms with Crippen LogP contribution in [0.2, 0.25) is 10.0 Å². The molecule has 0 saturated heterocycles. The molecule has 1 rings (SSSR count). The minimum absolute atomic E-state index is 0.281. The standard InChI is InChI=1S/C15H13Cl2NO2/c1-4-15(2,3)18-14(20)8-7-13(19)10-5-6-11(16)12(17)9-10/h1,5-9H,2-3H3,(H,18,20)/b8-7+. The van der Waals surface area contributed by atoms with Crippen LogP contribution in [0.5, 0.6) is 0 Å². The smallest absolute Gasteiger partial charge is 0.245 e. The molecule has 0 bridgehead atoms. The van der Waals surface area contributed by atoms with Crippen LogP contribution in [0.3, 0.4) is 0 Å². The van der Waals surface area contributed by atoms with Gasteiger partial charge in [-0.05, 0) is 38.1 Å². The van der Waals surface area contributed by atoms with Crippen molar-refractivity contribution in [2.75, 3.05) is 0 Å². The summed E-state index contributed by atoms with van der Waals surface area (Å²) in [5.41, 5.74) is -0.423. The molecule has 0 atom stereocenters. The number of amides is 1. The van der Waals surface area contributed by atoms with Gasteiger partial charge in [0.1, 0.15) is 0 Å². The number of allylic oxidation sites excluding steroid dienone is 1. The Morgan fingerprint density at radius 3 is 2.45 bits per heavy atom. The highest BCUT2D eigenvalue weighted by molar-refractivity contribution is 6.42. The molecule has 0 aliphatic rings. The van der Waals surface area contributed by atoms with Gasteiger partial charge in [0.05, 0.1) is 15.6 Å². The van der Waals surface area contributed by atoms with Crippen LogP contribution in [-0.4, -0.2) is 17.2 Å². The van der Waals surface area contributed by atoms with E-state index < -0.39 is 11.4 Å². The molecule has 0 aliphatic carbocycles. The summed E-state index contributed by atoms with van der Waals surface area (Å²) in [7, 11) is 0. The Morgan fingerprint density at radius 2 is 1.90 bits per heavy atom. The predicted molar refractivity (Wildman–Crippen MR) is 81.0 cm³/mol. The molecule has 104 valence electrons. The first-order valence-electron chi connectivity index (χ1n) is 5.72. The molecular formula is C15H13Cl2NO2. The summed E-state index contributed by atoms with van der Waals surface area (Å²) in [6.07, 6.45) is 7.53. The number of terminal acetylenes is 1. The molecule has 3 nitrogen and oxygen atoms in total. The number of ketones is 1. The molecule has 0 heterocycles. The van der Waals surface area contributed by atoms with Gasteiger partial charge in [-0.15, -0.1) is 6.42 Å². The van der Waals surface area contributed by atoms with Crippen LogP contribution in [0, 0.1) is 12.3 Å². The average molecular weight is 310 g/mol. The second kappa shape index (κ2) is 6.60. The van der Waals surface area contributed by atoms with Crippen molar-refractivity contribution < 1.29 is 9.59 Å². The van der Waals surface area contributed by atoms with Crippen molar-refractivity contribution in [1.82, 2.24) is 5.32 Å². The predicted octanol–water partition coefficient (Wildman–Crippen LogP) is 3.26. The molecule has 5 heteroatoms. The fourth-order valence-corrected chi connectivity index (χ4v) is 1.58. The van der Waals surface area contributed by atoms with Crippen LogP contribution < -0.4 is 5.32 Å². The van der Waals surface area contributed by atoms with Crippen molar-refractivity contribution in [3.8, 4) is 12.3 Å². The largest absolute Gasteiger partial charge is 0.337 e. The molecule has 1 N–H and O–H groups in total. The van der Waals surface area contributed by atoms with E-state index in [1.807, 2.05) is 0 Å². The van der Waals surface area contributed by atoms with Gasteiger partial charge < -0.3 is 5.32 Å². The second-order valence-corrected chi connectivity index (χ2v) is 5.40. The van der Waals surface area contributed by atoms with Crippen LogP contribution in [0.25, 0.3) is 0 Å². The minimum atomic E-state index is -0.770. The van der Waals surface area contributed by atoms with Crippen LogP contribution in [0.1, 0.15) is 24.2 Å². The highest BCUT2D eigenvalue weighted by Crippen LogP contribution is 2.22. The minimum Gasteiger partial charge on any atom is -0.337 e. The van der Waals surface area contributed by atoms with E-state index >= 15 is 0 Å². The van der Waals surface area contributed by atoms with Gasteiger partial charge >= 0.3 is 0 Å². The van der Waals surface area contributed by atoms with Gasteiger partial charge in [-0.1, -0.05) is 29.1 Å². The number of carbonyl (C=O) groups excluding carboxylic acids is 2. The van der Waals surface area contributed by atoms with E-state index in [4.69, 9.17) is 29.6 Å². The van der Waals surface area contributed by atoms with Crippen LogP contribution >= 0.6 is 23.2 Å². The Labute approximate surface area is 128 Å². The first kappa shape index (κ1) is 16.3. The summed E-state index contributed by atoms with van der Waals surface area (Å²) >= 11 is 11.6. The molecule has 0 aliphatic heterocycles. The lowest BCUT2D eigenvalue weighted by atomic mass is 10.1. The third-order valence-corrected chi connectivity index (χ3v) is 3.13. The second-order valence-electron chi connectivity index (χ2n) is 4.59. The highest BCUT2D eigenvalue weighted by atomic mass is 35.5. The van der Waals surface area contributed by atoms with Crippen molar-refractivity contribution in [1.29, 1.82) is 0 Å². The maximum atomic E-state index is 11.8. The molecule has 1 amide bonds. The summed E-state index contributed by atoms with van der Waals surface area (Å²) in [5, 5.41) is 3.22. The summed E-state index contributed by atoms with van der Waals surface area (Å²) in [5.74, 6) is 1.63. The monoisotopic (exact) mass is 309 g/mol. The molecule has 20 heavy (non-hydrogen) atoms. The third-order valence-electron chi connectivity index (χ3n) is 2.39. The van der Waals surface area contributed by atoms with Gasteiger partial charge in [0.15, 0.2) is 5.78 Å². The van der Waals surface area contributed by atoms with Crippen LogP contribution in [0.15, 0.2) is 30.4 Å². The Balaban J connectivity index is 2.75. The molecule has 0 saturated carbocycles. The number of hydrogen-bond donors (Lipinski definition) is 1. The lowest BCUT2D eigenvalue weighted by Crippen LogP contribution is -2.41. The first-order chi connectivity index (χ1) is 9.25. The number of rotatable bonds is 4. The van der Waals surface area contributed by atoms with Crippen molar-refractivity contribution in [2.24, 2.45) is 0 Å². The fourth-order valence-electron chi connectivity index (χ4n) is 1.28. The highest BCUT2D eigenvalue weighted by Gasteiger charge is 2.15. The van der Waals surface area contributed by atoms with E-state index in [9.17, 15) is 9.59 Å². The molecule has 0 aromatic heterocycles. The number of halogens is 2. The summed E-state index contributed by atoms with van der Waals surface area (Å²) in [4.78, 5) is 23.4. The Morgan fingerprint density at radius 1 is 1.25 bits per heavy atom. The van der Waals surface area contributed by atoms with Crippen LogP contribution in [-0.2, 0) is 4.79 Å². The van der Waals surface area contributed by atoms with Crippen molar-refractivity contribution >= 4 is 34.9 Å². The summed E-state index contributed by atoms with van der Waals surface area (Å²) in [6, 6.07) is 4.50. The molecule has 1 aromatic rings. The fraction of sp³-hybridized carbons (Fsp3) is 0.200. The van der Waals surface area contributed by atoms with Gasteiger partial charge in [0, 0.05) is 11.6 Å². The summed E-state index contributed by atoms with van der Waals surface area (Å²) < 4.78 is 0. The maximum absolute atomic E-state index is 11.8. The van der Waals surface area contributed by atoms with E-state index in [-0.39, 0.29) is 10.8 Å². The number of nitrogens with one attached hydrogen (secondary N) is 1. The molecule has 1 aromatic carbocycles. The van der Waals surface area contributed by atoms with Gasteiger partial charge in [-0.25, -0.2) is 0 Å². The topological polar surface area (TPSA) is 46.2 Å². The zero-order valence-corrected chi connectivity index (χ0v) is 12.5. The quantitative estimate of drug-likeness (QED) is 0.527. The molecule has 0 fully saturated rings. The lowest BCUT2D eigenvalue weighted by molar-refractivity contribution is -0.117. The Hall–Kier alpha value is -1.76. The molecular weight excluding hydrogens is 297 g/mol. The number of carbonyl (C=O) groups is 2. The normalized spacial score (nSPS) is 11.2. The van der Waals surface area contributed by atoms with Gasteiger partial charge in [0.25, 0.3) is 0 Å². The van der Waals surface area contributed by atoms with E-state index in [0.717, 1.165) is 12.2 Å². The van der Waals surface area contributed by atoms with Gasteiger partial charge in [-0.2, -0.15) is 0 Å². The van der Waals surface area contributed by atoms with Gasteiger partial charge in [0.2, 0.25) is 5.91 Å². The zero-order chi connectivity index (χ0) is 15.3. The average Bonchev–Trinajstić information content (AvgIpc) is 2.38. The Bertz CT molecular complexity index is 613. The Kier molecular flexibility index (Phi) is 5.38. The SMILES string of the molecule is C#CC(C)(C)NC(=O)/C=C/C(=O)c1ccc(Cl)c(Cl)c1. The molecule has 0 unspecified atom stereocenters. The van der Waals surface area contributed by atoms with E-state index in [1.165, 1.54) is 18.2 Å². The van der Waals surface area contributed by atoms with E-state index in [2.05, 4.69) is 11.2 Å². The van der Waals surface area contributed by atoms with Crippen molar-refractivity contribution in [3.05, 3.63) is 46.0 Å². The molecule has 0 radical (unpaired) electrons. The number of benzene rings is 1. The van der Waals surface area contributed by atoms with Crippen molar-refractivity contribution in [2.45, 2.75) is 19.4 Å². The van der Waals surface area contributed by atoms with Gasteiger partial charge in [-0.3, -0.25) is 9.59 Å². The van der Waals surface area contributed by atoms with E-state index in [0.29, 0.717) is 10.6 Å². The number of hydrogen-bond acceptors (Lipinski definition) is 2. The lowest BCUT2D eigenvalue weighted by Gasteiger charge is -2.17. The maximum Gasteiger partial charge on any atom is 0.245 e.